The van der Waals surface area contributed by atoms with Gasteiger partial charge in [0.25, 0.3) is 5.91 Å². The maximum Gasteiger partial charge on any atom is 0.325 e. The molecule has 1 fully saturated rings. The van der Waals surface area contributed by atoms with Gasteiger partial charge in [-0.1, -0.05) is 61.9 Å². The van der Waals surface area contributed by atoms with E-state index < -0.39 is 17.5 Å². The molecule has 0 aliphatic carbocycles. The van der Waals surface area contributed by atoms with E-state index in [4.69, 9.17) is 0 Å². The molecule has 2 aromatic carbocycles. The fourth-order valence-corrected chi connectivity index (χ4v) is 3.76. The predicted octanol–water partition coefficient (Wildman–Crippen LogP) is 3.07. The Morgan fingerprint density at radius 3 is 2.43 bits per heavy atom. The molecule has 1 aliphatic rings. The van der Waals surface area contributed by atoms with Crippen LogP contribution in [0.25, 0.3) is 0 Å². The van der Waals surface area contributed by atoms with E-state index in [1.807, 2.05) is 55.5 Å². The highest BCUT2D eigenvalue weighted by atomic mass is 16.2. The minimum absolute atomic E-state index is 0.290. The number of imide groups is 1. The number of amides is 4. The molecule has 0 bridgehead atoms. The second kappa shape index (κ2) is 9.11. The lowest BCUT2D eigenvalue weighted by atomic mass is 9.91. The van der Waals surface area contributed by atoms with E-state index in [2.05, 4.69) is 17.6 Å². The highest BCUT2D eigenvalue weighted by Gasteiger charge is 2.49. The van der Waals surface area contributed by atoms with Gasteiger partial charge in [0.15, 0.2) is 0 Å². The zero-order valence-corrected chi connectivity index (χ0v) is 17.8. The first kappa shape index (κ1) is 21.6. The van der Waals surface area contributed by atoms with Gasteiger partial charge in [0.05, 0.1) is 0 Å². The van der Waals surface area contributed by atoms with E-state index in [0.29, 0.717) is 18.5 Å². The molecule has 2 N–H and O–H groups in total. The SMILES string of the molecule is CCCc1ccc([C@]2(C)NC(=O)N(CC(=O)NCCc3ccccc3C)C2=O)cc1. The number of urea groups is 1. The Hall–Kier alpha value is -3.15. The molecule has 0 spiro atoms. The number of rotatable bonds is 8. The number of carbonyl (C=O) groups excluding carboxylic acids is 3. The fraction of sp³-hybridized carbons (Fsp3) is 0.375. The van der Waals surface area contributed by atoms with Crippen LogP contribution in [0.4, 0.5) is 4.79 Å². The molecular weight excluding hydrogens is 378 g/mol. The van der Waals surface area contributed by atoms with Gasteiger partial charge in [-0.2, -0.15) is 0 Å². The Kier molecular flexibility index (Phi) is 6.55. The molecule has 1 saturated heterocycles. The zero-order valence-electron chi connectivity index (χ0n) is 17.8. The lowest BCUT2D eigenvalue weighted by Gasteiger charge is -2.22. The van der Waals surface area contributed by atoms with Crippen molar-refractivity contribution in [2.24, 2.45) is 0 Å². The number of carbonyl (C=O) groups is 3. The van der Waals surface area contributed by atoms with Crippen LogP contribution in [0.2, 0.25) is 0 Å². The summed E-state index contributed by atoms with van der Waals surface area (Å²) in [4.78, 5) is 38.8. The second-order valence-corrected chi connectivity index (χ2v) is 7.92. The summed E-state index contributed by atoms with van der Waals surface area (Å²) in [7, 11) is 0. The number of hydrogen-bond donors (Lipinski definition) is 2. The van der Waals surface area contributed by atoms with Crippen LogP contribution in [0, 0.1) is 6.92 Å². The molecule has 6 heteroatoms. The summed E-state index contributed by atoms with van der Waals surface area (Å²) in [5.41, 5.74) is 3.06. The summed E-state index contributed by atoms with van der Waals surface area (Å²) in [6, 6.07) is 15.1. The van der Waals surface area contributed by atoms with Crippen LogP contribution in [-0.4, -0.2) is 35.8 Å². The molecule has 0 aromatic heterocycles. The summed E-state index contributed by atoms with van der Waals surface area (Å²) in [6.07, 6.45) is 2.70. The lowest BCUT2D eigenvalue weighted by Crippen LogP contribution is -2.43. The molecule has 1 atom stereocenters. The third kappa shape index (κ3) is 4.53. The molecule has 1 aliphatic heterocycles. The average molecular weight is 408 g/mol. The zero-order chi connectivity index (χ0) is 21.7. The van der Waals surface area contributed by atoms with Crippen LogP contribution in [-0.2, 0) is 28.0 Å². The third-order valence-corrected chi connectivity index (χ3v) is 5.62. The number of nitrogens with zero attached hydrogens (tertiary/aromatic N) is 1. The topological polar surface area (TPSA) is 78.5 Å². The van der Waals surface area contributed by atoms with Crippen molar-refractivity contribution < 1.29 is 14.4 Å². The summed E-state index contributed by atoms with van der Waals surface area (Å²) in [6.45, 7) is 5.98. The van der Waals surface area contributed by atoms with E-state index in [1.165, 1.54) is 11.1 Å². The minimum Gasteiger partial charge on any atom is -0.354 e. The van der Waals surface area contributed by atoms with Crippen molar-refractivity contribution in [2.45, 2.75) is 45.6 Å². The van der Waals surface area contributed by atoms with Crippen molar-refractivity contribution in [1.29, 1.82) is 0 Å². The van der Waals surface area contributed by atoms with Crippen molar-refractivity contribution in [3.05, 3.63) is 70.8 Å². The van der Waals surface area contributed by atoms with Gasteiger partial charge in [-0.3, -0.25) is 14.5 Å². The predicted molar refractivity (Wildman–Crippen MR) is 116 cm³/mol. The van der Waals surface area contributed by atoms with E-state index in [1.54, 1.807) is 6.92 Å². The maximum absolute atomic E-state index is 13.0. The molecule has 0 saturated carbocycles. The standard InChI is InChI=1S/C24H29N3O3/c1-4-7-18-10-12-20(13-11-18)24(3)22(29)27(23(30)26-24)16-21(28)25-15-14-19-9-6-5-8-17(19)2/h5-6,8-13H,4,7,14-16H2,1-3H3,(H,25,28)(H,26,30)/t24-/m0/s1. The Balaban J connectivity index is 1.60. The molecule has 1 heterocycles. The summed E-state index contributed by atoms with van der Waals surface area (Å²) in [5.74, 6) is -0.764. The van der Waals surface area contributed by atoms with Crippen molar-refractivity contribution >= 4 is 17.8 Å². The van der Waals surface area contributed by atoms with E-state index in [9.17, 15) is 14.4 Å². The van der Waals surface area contributed by atoms with Crippen LogP contribution in [0.15, 0.2) is 48.5 Å². The smallest absolute Gasteiger partial charge is 0.325 e. The first-order valence-corrected chi connectivity index (χ1v) is 10.4. The van der Waals surface area contributed by atoms with E-state index in [-0.39, 0.29) is 12.5 Å². The quantitative estimate of drug-likeness (QED) is 0.660. The van der Waals surface area contributed by atoms with E-state index >= 15 is 0 Å². The van der Waals surface area contributed by atoms with Gasteiger partial charge in [0, 0.05) is 6.54 Å². The van der Waals surface area contributed by atoms with Gasteiger partial charge in [0.2, 0.25) is 5.91 Å². The molecule has 0 radical (unpaired) electrons. The Morgan fingerprint density at radius 1 is 1.07 bits per heavy atom. The maximum atomic E-state index is 13.0. The molecule has 2 aromatic rings. The first-order chi connectivity index (χ1) is 14.3. The second-order valence-electron chi connectivity index (χ2n) is 7.92. The number of benzene rings is 2. The van der Waals surface area contributed by atoms with Crippen molar-refractivity contribution in [3.8, 4) is 0 Å². The normalized spacial score (nSPS) is 18.4. The highest BCUT2D eigenvalue weighted by molar-refractivity contribution is 6.09. The fourth-order valence-electron chi connectivity index (χ4n) is 3.76. The summed E-state index contributed by atoms with van der Waals surface area (Å²) < 4.78 is 0. The largest absolute Gasteiger partial charge is 0.354 e. The van der Waals surface area contributed by atoms with Gasteiger partial charge >= 0.3 is 6.03 Å². The summed E-state index contributed by atoms with van der Waals surface area (Å²) >= 11 is 0. The molecule has 30 heavy (non-hydrogen) atoms. The van der Waals surface area contributed by atoms with Crippen LogP contribution in [0.5, 0.6) is 0 Å². The Labute approximate surface area is 177 Å². The van der Waals surface area contributed by atoms with Crippen molar-refractivity contribution in [1.82, 2.24) is 15.5 Å². The molecule has 4 amide bonds. The van der Waals surface area contributed by atoms with Crippen LogP contribution in [0.1, 0.15) is 42.5 Å². The summed E-state index contributed by atoms with van der Waals surface area (Å²) in [5, 5.41) is 5.55. The first-order valence-electron chi connectivity index (χ1n) is 10.4. The molecule has 158 valence electrons. The number of nitrogens with one attached hydrogen (secondary N) is 2. The molecule has 0 unspecified atom stereocenters. The number of hydrogen-bond acceptors (Lipinski definition) is 3. The van der Waals surface area contributed by atoms with Gasteiger partial charge < -0.3 is 10.6 Å². The van der Waals surface area contributed by atoms with Crippen LogP contribution < -0.4 is 10.6 Å². The van der Waals surface area contributed by atoms with Crippen molar-refractivity contribution in [3.63, 3.8) is 0 Å². The van der Waals surface area contributed by atoms with Gasteiger partial charge in [-0.15, -0.1) is 0 Å². The monoisotopic (exact) mass is 407 g/mol. The minimum atomic E-state index is -1.16. The highest BCUT2D eigenvalue weighted by Crippen LogP contribution is 2.29. The Morgan fingerprint density at radius 2 is 1.77 bits per heavy atom. The molecular formula is C24H29N3O3. The average Bonchev–Trinajstić information content (AvgIpc) is 2.94. The van der Waals surface area contributed by atoms with Gasteiger partial charge in [-0.25, -0.2) is 4.79 Å². The third-order valence-electron chi connectivity index (χ3n) is 5.62. The van der Waals surface area contributed by atoms with Gasteiger partial charge in [-0.05, 0) is 48.9 Å². The van der Waals surface area contributed by atoms with Crippen LogP contribution >= 0.6 is 0 Å². The number of aryl methyl sites for hydroxylation is 2. The van der Waals surface area contributed by atoms with E-state index in [0.717, 1.165) is 23.3 Å². The van der Waals surface area contributed by atoms with Crippen LogP contribution in [0.3, 0.4) is 0 Å². The van der Waals surface area contributed by atoms with Gasteiger partial charge in [0.1, 0.15) is 12.1 Å². The Bertz CT molecular complexity index is 939. The molecule has 3 rings (SSSR count). The van der Waals surface area contributed by atoms with Crippen molar-refractivity contribution in [2.75, 3.05) is 13.1 Å². The molecule has 6 nitrogen and oxygen atoms in total. The lowest BCUT2D eigenvalue weighted by molar-refractivity contribution is -0.134.